The molecule has 0 radical (unpaired) electrons. The highest BCUT2D eigenvalue weighted by Gasteiger charge is 2.11. The molecular weight excluding hydrogens is 290 g/mol. The molecule has 2 rings (SSSR count). The molecule has 1 aromatic carbocycles. The van der Waals surface area contributed by atoms with Gasteiger partial charge in [-0.1, -0.05) is 35.0 Å². The fourth-order valence-corrected chi connectivity index (χ4v) is 2.27. The quantitative estimate of drug-likeness (QED) is 0.851. The second-order valence-corrected chi connectivity index (χ2v) is 4.85. The van der Waals surface area contributed by atoms with E-state index in [-0.39, 0.29) is 0 Å². The van der Waals surface area contributed by atoms with Crippen molar-refractivity contribution in [3.05, 3.63) is 45.7 Å². The van der Waals surface area contributed by atoms with Crippen LogP contribution >= 0.6 is 15.9 Å². The maximum atomic E-state index is 9.15. The average molecular weight is 302 g/mol. The van der Waals surface area contributed by atoms with Crippen LogP contribution in [0.15, 0.2) is 28.7 Å². The topological polar surface area (TPSA) is 49.6 Å². The van der Waals surface area contributed by atoms with Gasteiger partial charge in [-0.25, -0.2) is 9.97 Å². The molecule has 0 bridgehead atoms. The Morgan fingerprint density at radius 1 is 1.33 bits per heavy atom. The molecule has 0 fully saturated rings. The van der Waals surface area contributed by atoms with Gasteiger partial charge >= 0.3 is 0 Å². The Morgan fingerprint density at radius 3 is 2.72 bits per heavy atom. The first-order chi connectivity index (χ1) is 8.65. The van der Waals surface area contributed by atoms with Crippen molar-refractivity contribution in [2.75, 3.05) is 0 Å². The van der Waals surface area contributed by atoms with Crippen molar-refractivity contribution in [3.63, 3.8) is 0 Å². The normalized spacial score (nSPS) is 10.1. The van der Waals surface area contributed by atoms with Crippen LogP contribution in [0.5, 0.6) is 0 Å². The zero-order valence-electron chi connectivity index (χ0n) is 10.2. The lowest BCUT2D eigenvalue weighted by molar-refractivity contribution is 0.985. The summed E-state index contributed by atoms with van der Waals surface area (Å²) in [5.74, 6) is 0.600. The van der Waals surface area contributed by atoms with Crippen LogP contribution in [0.1, 0.15) is 23.9 Å². The molecule has 3 nitrogen and oxygen atoms in total. The van der Waals surface area contributed by atoms with Crippen LogP contribution in [0.4, 0.5) is 0 Å². The van der Waals surface area contributed by atoms with E-state index >= 15 is 0 Å². The lowest BCUT2D eigenvalue weighted by Crippen LogP contribution is -2.02. The Balaban J connectivity index is 2.61. The minimum Gasteiger partial charge on any atom is -0.233 e. The Kier molecular flexibility index (Phi) is 3.73. The van der Waals surface area contributed by atoms with E-state index in [4.69, 9.17) is 5.26 Å². The predicted molar refractivity (Wildman–Crippen MR) is 74.0 cm³/mol. The van der Waals surface area contributed by atoms with Gasteiger partial charge in [-0.3, -0.25) is 0 Å². The minimum absolute atomic E-state index is 0.472. The first kappa shape index (κ1) is 12.7. The van der Waals surface area contributed by atoms with Crippen molar-refractivity contribution in [1.29, 1.82) is 5.26 Å². The van der Waals surface area contributed by atoms with E-state index in [1.54, 1.807) is 0 Å². The van der Waals surface area contributed by atoms with Crippen molar-refractivity contribution in [1.82, 2.24) is 9.97 Å². The number of hydrogen-bond acceptors (Lipinski definition) is 3. The molecule has 0 N–H and O–H groups in total. The number of halogens is 1. The molecule has 0 atom stereocenters. The summed E-state index contributed by atoms with van der Waals surface area (Å²) in [6.07, 6.45) is 0.771. The van der Waals surface area contributed by atoms with Gasteiger partial charge in [0.1, 0.15) is 11.8 Å². The van der Waals surface area contributed by atoms with Crippen molar-refractivity contribution in [2.45, 2.75) is 20.3 Å². The van der Waals surface area contributed by atoms with Gasteiger partial charge in [0.25, 0.3) is 0 Å². The highest BCUT2D eigenvalue weighted by molar-refractivity contribution is 9.10. The first-order valence-electron chi connectivity index (χ1n) is 5.69. The monoisotopic (exact) mass is 301 g/mol. The molecule has 0 unspecified atom stereocenters. The van der Waals surface area contributed by atoms with Crippen LogP contribution < -0.4 is 0 Å². The van der Waals surface area contributed by atoms with E-state index in [0.29, 0.717) is 11.5 Å². The maximum absolute atomic E-state index is 9.15. The summed E-state index contributed by atoms with van der Waals surface area (Å²) in [6, 6.07) is 9.91. The zero-order valence-corrected chi connectivity index (χ0v) is 11.8. The number of nitrogens with zero attached hydrogens (tertiary/aromatic N) is 3. The van der Waals surface area contributed by atoms with Gasteiger partial charge in [0.05, 0.1) is 0 Å². The second kappa shape index (κ2) is 5.28. The third-order valence-electron chi connectivity index (χ3n) is 2.76. The molecule has 4 heteroatoms. The summed E-state index contributed by atoms with van der Waals surface area (Å²) < 4.78 is 0.972. The number of rotatable bonds is 2. The summed E-state index contributed by atoms with van der Waals surface area (Å²) in [6.45, 7) is 3.92. The number of nitriles is 1. The summed E-state index contributed by atoms with van der Waals surface area (Å²) in [7, 11) is 0. The van der Waals surface area contributed by atoms with Crippen LogP contribution in [0.2, 0.25) is 0 Å². The van der Waals surface area contributed by atoms with Gasteiger partial charge in [0, 0.05) is 21.3 Å². The zero-order chi connectivity index (χ0) is 13.1. The van der Waals surface area contributed by atoms with Gasteiger partial charge in [0.15, 0.2) is 5.82 Å². The van der Waals surface area contributed by atoms with Crippen molar-refractivity contribution >= 4 is 15.9 Å². The third kappa shape index (κ3) is 2.41. The van der Waals surface area contributed by atoms with Crippen LogP contribution in [-0.4, -0.2) is 9.97 Å². The fourth-order valence-electron chi connectivity index (χ4n) is 1.87. The van der Waals surface area contributed by atoms with E-state index in [1.165, 1.54) is 0 Å². The van der Waals surface area contributed by atoms with E-state index in [9.17, 15) is 0 Å². The van der Waals surface area contributed by atoms with Crippen LogP contribution in [0.3, 0.4) is 0 Å². The fraction of sp³-hybridized carbons (Fsp3) is 0.214. The molecule has 0 aliphatic heterocycles. The van der Waals surface area contributed by atoms with Crippen LogP contribution in [0.25, 0.3) is 11.4 Å². The molecule has 2 aromatic rings. The second-order valence-electron chi connectivity index (χ2n) is 3.94. The molecule has 18 heavy (non-hydrogen) atoms. The maximum Gasteiger partial charge on any atom is 0.160 e. The summed E-state index contributed by atoms with van der Waals surface area (Å²) in [5.41, 5.74) is 3.18. The summed E-state index contributed by atoms with van der Waals surface area (Å²) >= 11 is 3.42. The number of hydrogen-bond donors (Lipinski definition) is 0. The minimum atomic E-state index is 0.472. The van der Waals surface area contributed by atoms with Gasteiger partial charge < -0.3 is 0 Å². The van der Waals surface area contributed by atoms with Crippen LogP contribution in [-0.2, 0) is 6.42 Å². The molecule has 90 valence electrons. The summed E-state index contributed by atoms with van der Waals surface area (Å²) in [5, 5.41) is 9.15. The Hall–Kier alpha value is -1.73. The SMILES string of the molecule is CCc1c(C)nc(-c2cccc(Br)c2)nc1C#N. The highest BCUT2D eigenvalue weighted by Crippen LogP contribution is 2.22. The molecule has 0 spiro atoms. The van der Waals surface area contributed by atoms with E-state index in [0.717, 1.165) is 27.7 Å². The van der Waals surface area contributed by atoms with Crippen molar-refractivity contribution in [3.8, 4) is 17.5 Å². The molecule has 1 heterocycles. The lowest BCUT2D eigenvalue weighted by atomic mass is 10.1. The number of aromatic nitrogens is 2. The van der Waals surface area contributed by atoms with E-state index < -0.39 is 0 Å². The molecule has 0 aliphatic rings. The molecule has 0 saturated carbocycles. The van der Waals surface area contributed by atoms with Crippen molar-refractivity contribution in [2.24, 2.45) is 0 Å². The Morgan fingerprint density at radius 2 is 2.11 bits per heavy atom. The van der Waals surface area contributed by atoms with Gasteiger partial charge in [-0.2, -0.15) is 5.26 Å². The van der Waals surface area contributed by atoms with Gasteiger partial charge in [0.2, 0.25) is 0 Å². The summed E-state index contributed by atoms with van der Waals surface area (Å²) in [4.78, 5) is 8.82. The standard InChI is InChI=1S/C14H12BrN3/c1-3-12-9(2)17-14(18-13(12)8-16)10-5-4-6-11(15)7-10/h4-7H,3H2,1-2H3. The third-order valence-corrected chi connectivity index (χ3v) is 3.25. The predicted octanol–water partition coefficient (Wildman–Crippen LogP) is 3.65. The van der Waals surface area contributed by atoms with E-state index in [1.807, 2.05) is 38.1 Å². The Labute approximate surface area is 115 Å². The number of benzene rings is 1. The largest absolute Gasteiger partial charge is 0.233 e. The van der Waals surface area contributed by atoms with Gasteiger partial charge in [-0.15, -0.1) is 0 Å². The molecule has 0 amide bonds. The molecule has 0 saturated heterocycles. The van der Waals surface area contributed by atoms with Crippen molar-refractivity contribution < 1.29 is 0 Å². The van der Waals surface area contributed by atoms with E-state index in [2.05, 4.69) is 32.0 Å². The average Bonchev–Trinajstić information content (AvgIpc) is 2.37. The smallest absolute Gasteiger partial charge is 0.160 e. The Bertz CT molecular complexity index is 629. The number of aryl methyl sites for hydroxylation is 1. The highest BCUT2D eigenvalue weighted by atomic mass is 79.9. The van der Waals surface area contributed by atoms with Gasteiger partial charge in [-0.05, 0) is 25.5 Å². The molecule has 0 aliphatic carbocycles. The lowest BCUT2D eigenvalue weighted by Gasteiger charge is -2.07. The first-order valence-corrected chi connectivity index (χ1v) is 6.48. The molecule has 1 aromatic heterocycles. The van der Waals surface area contributed by atoms with Crippen LogP contribution in [0, 0.1) is 18.3 Å². The molecular formula is C14H12BrN3.